The number of nitrogens with one attached hydrogen (secondary N) is 1. The molecule has 3 heteroatoms. The second-order valence-electron chi connectivity index (χ2n) is 5.49. The summed E-state index contributed by atoms with van der Waals surface area (Å²) in [7, 11) is 0. The van der Waals surface area contributed by atoms with Gasteiger partial charge in [-0.05, 0) is 31.7 Å². The maximum Gasteiger partial charge on any atom is 0.0593 e. The zero-order chi connectivity index (χ0) is 12.0. The fourth-order valence-electron chi connectivity index (χ4n) is 2.36. The summed E-state index contributed by atoms with van der Waals surface area (Å²) in [4.78, 5) is 0. The van der Waals surface area contributed by atoms with E-state index in [4.69, 9.17) is 10.5 Å². The van der Waals surface area contributed by atoms with Gasteiger partial charge in [-0.15, -0.1) is 0 Å². The third kappa shape index (κ3) is 4.04. The fourth-order valence-corrected chi connectivity index (χ4v) is 2.36. The molecule has 3 nitrogen and oxygen atoms in total. The minimum atomic E-state index is 0.127. The molecule has 0 radical (unpaired) electrons. The lowest BCUT2D eigenvalue weighted by Gasteiger charge is -2.41. The van der Waals surface area contributed by atoms with Crippen LogP contribution in [0.1, 0.15) is 46.5 Å². The molecule has 0 spiro atoms. The number of rotatable bonds is 6. The van der Waals surface area contributed by atoms with E-state index < -0.39 is 0 Å². The Morgan fingerprint density at radius 3 is 2.81 bits per heavy atom. The standard InChI is InChI=1S/C13H28N2O/c1-4-5-12-8-13(10-14,6-7-16-12)15-9-11(2)3/h11-12,15H,4-10,14H2,1-3H3. The number of ether oxygens (including phenoxy) is 1. The molecule has 1 fully saturated rings. The normalized spacial score (nSPS) is 30.9. The Kier molecular flexibility index (Phi) is 5.73. The van der Waals surface area contributed by atoms with Gasteiger partial charge in [0.2, 0.25) is 0 Å². The van der Waals surface area contributed by atoms with Gasteiger partial charge in [0.05, 0.1) is 6.10 Å². The van der Waals surface area contributed by atoms with Crippen LogP contribution in [0, 0.1) is 5.92 Å². The van der Waals surface area contributed by atoms with Crippen LogP contribution < -0.4 is 11.1 Å². The van der Waals surface area contributed by atoms with Gasteiger partial charge in [0.1, 0.15) is 0 Å². The summed E-state index contributed by atoms with van der Waals surface area (Å²) in [6.07, 6.45) is 4.88. The van der Waals surface area contributed by atoms with Gasteiger partial charge < -0.3 is 15.8 Å². The van der Waals surface area contributed by atoms with Gasteiger partial charge in [-0.1, -0.05) is 27.2 Å². The highest BCUT2D eigenvalue weighted by molar-refractivity contribution is 4.94. The van der Waals surface area contributed by atoms with Crippen molar-refractivity contribution in [1.29, 1.82) is 0 Å². The smallest absolute Gasteiger partial charge is 0.0593 e. The molecule has 1 aliphatic rings. The van der Waals surface area contributed by atoms with Crippen molar-refractivity contribution in [3.63, 3.8) is 0 Å². The molecule has 0 saturated carbocycles. The van der Waals surface area contributed by atoms with Gasteiger partial charge in [0, 0.05) is 18.7 Å². The summed E-state index contributed by atoms with van der Waals surface area (Å²) < 4.78 is 5.79. The topological polar surface area (TPSA) is 47.3 Å². The summed E-state index contributed by atoms with van der Waals surface area (Å²) in [5, 5.41) is 3.67. The van der Waals surface area contributed by atoms with Crippen molar-refractivity contribution in [3.8, 4) is 0 Å². The Hall–Kier alpha value is -0.120. The zero-order valence-electron chi connectivity index (χ0n) is 11.1. The predicted molar refractivity (Wildman–Crippen MR) is 68.5 cm³/mol. The lowest BCUT2D eigenvalue weighted by atomic mass is 9.85. The van der Waals surface area contributed by atoms with Crippen LogP contribution in [0.5, 0.6) is 0 Å². The molecule has 2 unspecified atom stereocenters. The summed E-state index contributed by atoms with van der Waals surface area (Å²) in [5.74, 6) is 0.677. The molecule has 0 amide bonds. The Balaban J connectivity index is 2.49. The van der Waals surface area contributed by atoms with Crippen LogP contribution in [0.3, 0.4) is 0 Å². The van der Waals surface area contributed by atoms with Gasteiger partial charge in [0.15, 0.2) is 0 Å². The van der Waals surface area contributed by atoms with E-state index in [-0.39, 0.29) is 5.54 Å². The molecule has 96 valence electrons. The van der Waals surface area contributed by atoms with Crippen LogP contribution in [0.15, 0.2) is 0 Å². The molecule has 3 N–H and O–H groups in total. The quantitative estimate of drug-likeness (QED) is 0.730. The molecule has 0 aromatic carbocycles. The Labute approximate surface area is 100 Å². The summed E-state index contributed by atoms with van der Waals surface area (Å²) in [6.45, 7) is 9.32. The molecular formula is C13H28N2O. The lowest BCUT2D eigenvalue weighted by Crippen LogP contribution is -2.57. The maximum atomic E-state index is 5.96. The molecule has 2 atom stereocenters. The minimum Gasteiger partial charge on any atom is -0.378 e. The second kappa shape index (κ2) is 6.58. The molecular weight excluding hydrogens is 200 g/mol. The second-order valence-corrected chi connectivity index (χ2v) is 5.49. The first-order valence-electron chi connectivity index (χ1n) is 6.68. The third-order valence-corrected chi connectivity index (χ3v) is 3.44. The van der Waals surface area contributed by atoms with E-state index >= 15 is 0 Å². The minimum absolute atomic E-state index is 0.127. The van der Waals surface area contributed by atoms with Gasteiger partial charge in [-0.2, -0.15) is 0 Å². The van der Waals surface area contributed by atoms with Crippen molar-refractivity contribution >= 4 is 0 Å². The van der Waals surface area contributed by atoms with E-state index in [1.54, 1.807) is 0 Å². The number of hydrogen-bond donors (Lipinski definition) is 2. The Morgan fingerprint density at radius 1 is 1.50 bits per heavy atom. The molecule has 0 aromatic rings. The molecule has 1 heterocycles. The highest BCUT2D eigenvalue weighted by Crippen LogP contribution is 2.26. The molecule has 1 aliphatic heterocycles. The molecule has 1 rings (SSSR count). The fraction of sp³-hybridized carbons (Fsp3) is 1.00. The SMILES string of the molecule is CCCC1CC(CN)(NCC(C)C)CCO1. The Bertz CT molecular complexity index is 194. The van der Waals surface area contributed by atoms with Gasteiger partial charge >= 0.3 is 0 Å². The third-order valence-electron chi connectivity index (χ3n) is 3.44. The van der Waals surface area contributed by atoms with Crippen molar-refractivity contribution in [2.75, 3.05) is 19.7 Å². The van der Waals surface area contributed by atoms with E-state index in [0.29, 0.717) is 12.0 Å². The zero-order valence-corrected chi connectivity index (χ0v) is 11.1. The van der Waals surface area contributed by atoms with Crippen LogP contribution in [-0.2, 0) is 4.74 Å². The molecule has 16 heavy (non-hydrogen) atoms. The summed E-state index contributed by atoms with van der Waals surface area (Å²) >= 11 is 0. The van der Waals surface area contributed by atoms with Crippen molar-refractivity contribution in [2.24, 2.45) is 11.7 Å². The largest absolute Gasteiger partial charge is 0.378 e. The van der Waals surface area contributed by atoms with Crippen LogP contribution in [0.4, 0.5) is 0 Å². The van der Waals surface area contributed by atoms with E-state index in [9.17, 15) is 0 Å². The van der Waals surface area contributed by atoms with Gasteiger partial charge in [-0.3, -0.25) is 0 Å². The highest BCUT2D eigenvalue weighted by Gasteiger charge is 2.35. The molecule has 0 aliphatic carbocycles. The van der Waals surface area contributed by atoms with E-state index in [0.717, 1.165) is 39.0 Å². The van der Waals surface area contributed by atoms with Crippen molar-refractivity contribution in [3.05, 3.63) is 0 Å². The first-order chi connectivity index (χ1) is 7.62. The van der Waals surface area contributed by atoms with Gasteiger partial charge in [0.25, 0.3) is 0 Å². The van der Waals surface area contributed by atoms with Crippen LogP contribution in [-0.4, -0.2) is 31.3 Å². The Morgan fingerprint density at radius 2 is 2.25 bits per heavy atom. The van der Waals surface area contributed by atoms with E-state index in [1.165, 1.54) is 6.42 Å². The average Bonchev–Trinajstić information content (AvgIpc) is 2.27. The molecule has 0 aromatic heterocycles. The number of hydrogen-bond acceptors (Lipinski definition) is 3. The molecule has 0 bridgehead atoms. The van der Waals surface area contributed by atoms with Crippen molar-refractivity contribution in [1.82, 2.24) is 5.32 Å². The molecule has 1 saturated heterocycles. The summed E-state index contributed by atoms with van der Waals surface area (Å²) in [5.41, 5.74) is 6.09. The highest BCUT2D eigenvalue weighted by atomic mass is 16.5. The predicted octanol–water partition coefficient (Wildman–Crippen LogP) is 1.91. The van der Waals surface area contributed by atoms with Crippen molar-refractivity contribution in [2.45, 2.75) is 58.1 Å². The van der Waals surface area contributed by atoms with Crippen LogP contribution in [0.2, 0.25) is 0 Å². The number of nitrogens with two attached hydrogens (primary N) is 1. The van der Waals surface area contributed by atoms with E-state index in [1.807, 2.05) is 0 Å². The summed E-state index contributed by atoms with van der Waals surface area (Å²) in [6, 6.07) is 0. The van der Waals surface area contributed by atoms with Gasteiger partial charge in [-0.25, -0.2) is 0 Å². The average molecular weight is 228 g/mol. The maximum absolute atomic E-state index is 5.96. The van der Waals surface area contributed by atoms with E-state index in [2.05, 4.69) is 26.1 Å². The van der Waals surface area contributed by atoms with Crippen LogP contribution in [0.25, 0.3) is 0 Å². The van der Waals surface area contributed by atoms with Crippen molar-refractivity contribution < 1.29 is 4.74 Å². The lowest BCUT2D eigenvalue weighted by molar-refractivity contribution is -0.0312. The monoisotopic (exact) mass is 228 g/mol. The first kappa shape index (κ1) is 13.9. The first-order valence-corrected chi connectivity index (χ1v) is 6.68. The van der Waals surface area contributed by atoms with Crippen LogP contribution >= 0.6 is 0 Å².